The first-order valence-corrected chi connectivity index (χ1v) is 6.65. The van der Waals surface area contributed by atoms with Crippen molar-refractivity contribution in [1.29, 1.82) is 0 Å². The van der Waals surface area contributed by atoms with Crippen LogP contribution < -0.4 is 0 Å². The van der Waals surface area contributed by atoms with Crippen LogP contribution in [0.3, 0.4) is 0 Å². The monoisotopic (exact) mass is 298 g/mol. The Bertz CT molecular complexity index is 486. The van der Waals surface area contributed by atoms with Gasteiger partial charge in [-0.05, 0) is 0 Å². The van der Waals surface area contributed by atoms with E-state index in [9.17, 15) is 9.59 Å². The van der Waals surface area contributed by atoms with E-state index >= 15 is 0 Å². The number of hydrogen-bond acceptors (Lipinski definition) is 5. The number of halogens is 1. The fourth-order valence-corrected chi connectivity index (χ4v) is 2.11. The van der Waals surface area contributed by atoms with Gasteiger partial charge in [0.15, 0.2) is 0 Å². The molecule has 20 heavy (non-hydrogen) atoms. The van der Waals surface area contributed by atoms with Crippen LogP contribution in [0.2, 0.25) is 5.15 Å². The minimum absolute atomic E-state index is 0.122. The summed E-state index contributed by atoms with van der Waals surface area (Å²) in [5, 5.41) is 8.89. The summed E-state index contributed by atoms with van der Waals surface area (Å²) < 4.78 is 0. The van der Waals surface area contributed by atoms with Gasteiger partial charge in [0.25, 0.3) is 5.91 Å². The van der Waals surface area contributed by atoms with Crippen LogP contribution in [-0.2, 0) is 4.79 Å². The second-order valence-corrected chi connectivity index (χ2v) is 4.89. The molecule has 1 amide bonds. The average molecular weight is 299 g/mol. The quantitative estimate of drug-likeness (QED) is 0.864. The lowest BCUT2D eigenvalue weighted by Crippen LogP contribution is -2.49. The standard InChI is InChI=1S/C12H15ClN4O3/c13-10-8-14-9(7-15-10)12(20)17-5-3-16(4-6-17)2-1-11(18)19/h7-8H,1-6H2,(H,18,19). The predicted molar refractivity (Wildman–Crippen MR) is 71.6 cm³/mol. The van der Waals surface area contributed by atoms with Gasteiger partial charge in [0.1, 0.15) is 10.8 Å². The Morgan fingerprint density at radius 3 is 2.45 bits per heavy atom. The zero-order valence-corrected chi connectivity index (χ0v) is 11.6. The highest BCUT2D eigenvalue weighted by atomic mass is 35.5. The van der Waals surface area contributed by atoms with Crippen LogP contribution in [-0.4, -0.2) is 69.5 Å². The minimum atomic E-state index is -0.806. The van der Waals surface area contributed by atoms with E-state index in [4.69, 9.17) is 16.7 Å². The lowest BCUT2D eigenvalue weighted by atomic mass is 10.2. The maximum Gasteiger partial charge on any atom is 0.304 e. The molecule has 0 unspecified atom stereocenters. The van der Waals surface area contributed by atoms with Crippen molar-refractivity contribution in [1.82, 2.24) is 19.8 Å². The van der Waals surface area contributed by atoms with E-state index in [0.717, 1.165) is 0 Å². The summed E-state index contributed by atoms with van der Waals surface area (Å²) in [5.41, 5.74) is 0.272. The third-order valence-electron chi connectivity index (χ3n) is 3.14. The number of amides is 1. The Balaban J connectivity index is 1.85. The molecule has 2 rings (SSSR count). The van der Waals surface area contributed by atoms with E-state index in [-0.39, 0.29) is 23.2 Å². The van der Waals surface area contributed by atoms with Crippen LogP contribution in [0.25, 0.3) is 0 Å². The van der Waals surface area contributed by atoms with Crippen molar-refractivity contribution in [3.05, 3.63) is 23.2 Å². The van der Waals surface area contributed by atoms with Crippen LogP contribution in [0.5, 0.6) is 0 Å². The number of hydrogen-bond donors (Lipinski definition) is 1. The third-order valence-corrected chi connectivity index (χ3v) is 3.34. The van der Waals surface area contributed by atoms with Crippen LogP contribution in [0.4, 0.5) is 0 Å². The smallest absolute Gasteiger partial charge is 0.304 e. The minimum Gasteiger partial charge on any atom is -0.481 e. The number of piperazine rings is 1. The van der Waals surface area contributed by atoms with Crippen molar-refractivity contribution in [2.24, 2.45) is 0 Å². The van der Waals surface area contributed by atoms with Crippen LogP contribution in [0.1, 0.15) is 16.9 Å². The summed E-state index contributed by atoms with van der Waals surface area (Å²) in [5.74, 6) is -0.980. The molecule has 1 fully saturated rings. The average Bonchev–Trinajstić information content (AvgIpc) is 2.46. The highest BCUT2D eigenvalue weighted by molar-refractivity contribution is 6.29. The van der Waals surface area contributed by atoms with Gasteiger partial charge in [0.2, 0.25) is 0 Å². The van der Waals surface area contributed by atoms with Crippen molar-refractivity contribution >= 4 is 23.5 Å². The molecule has 0 atom stereocenters. The van der Waals surface area contributed by atoms with Crippen LogP contribution in [0.15, 0.2) is 12.4 Å². The Kier molecular flexibility index (Phi) is 4.86. The van der Waals surface area contributed by atoms with E-state index in [1.54, 1.807) is 4.90 Å². The first-order chi connectivity index (χ1) is 9.56. The van der Waals surface area contributed by atoms with Crippen LogP contribution in [0, 0.1) is 0 Å². The van der Waals surface area contributed by atoms with Gasteiger partial charge >= 0.3 is 5.97 Å². The molecule has 0 saturated carbocycles. The van der Waals surface area contributed by atoms with Gasteiger partial charge in [0, 0.05) is 32.7 Å². The molecule has 1 aromatic rings. The van der Waals surface area contributed by atoms with E-state index in [1.807, 2.05) is 4.90 Å². The summed E-state index contributed by atoms with van der Waals surface area (Å²) in [6.07, 6.45) is 2.83. The van der Waals surface area contributed by atoms with E-state index in [2.05, 4.69) is 9.97 Å². The summed E-state index contributed by atoms with van der Waals surface area (Å²) in [4.78, 5) is 34.2. The molecule has 0 aliphatic carbocycles. The fourth-order valence-electron chi connectivity index (χ4n) is 2.01. The highest BCUT2D eigenvalue weighted by Crippen LogP contribution is 2.08. The van der Waals surface area contributed by atoms with Gasteiger partial charge in [-0.1, -0.05) is 11.6 Å². The maximum atomic E-state index is 12.2. The van der Waals surface area contributed by atoms with Gasteiger partial charge in [0.05, 0.1) is 18.8 Å². The molecule has 8 heteroatoms. The molecule has 1 saturated heterocycles. The van der Waals surface area contributed by atoms with E-state index in [1.165, 1.54) is 12.4 Å². The second-order valence-electron chi connectivity index (χ2n) is 4.50. The normalized spacial score (nSPS) is 16.1. The number of rotatable bonds is 4. The number of nitrogens with zero attached hydrogens (tertiary/aromatic N) is 4. The molecule has 1 aliphatic rings. The fraction of sp³-hybridized carbons (Fsp3) is 0.500. The zero-order chi connectivity index (χ0) is 14.5. The Morgan fingerprint density at radius 2 is 1.90 bits per heavy atom. The summed E-state index contributed by atoms with van der Waals surface area (Å²) >= 11 is 5.63. The van der Waals surface area contributed by atoms with E-state index < -0.39 is 5.97 Å². The number of aromatic nitrogens is 2. The van der Waals surface area contributed by atoms with Gasteiger partial charge in [-0.15, -0.1) is 0 Å². The van der Waals surface area contributed by atoms with Gasteiger partial charge in [-0.3, -0.25) is 14.5 Å². The molecule has 1 aliphatic heterocycles. The SMILES string of the molecule is O=C(O)CCN1CCN(C(=O)c2cnc(Cl)cn2)CC1. The third kappa shape index (κ3) is 3.88. The maximum absolute atomic E-state index is 12.2. The first kappa shape index (κ1) is 14.7. The molecule has 0 radical (unpaired) electrons. The molecule has 108 valence electrons. The lowest BCUT2D eigenvalue weighted by molar-refractivity contribution is -0.137. The summed E-state index contributed by atoms with van der Waals surface area (Å²) in [6, 6.07) is 0. The molecule has 0 bridgehead atoms. The van der Waals surface area contributed by atoms with Crippen LogP contribution >= 0.6 is 11.6 Å². The highest BCUT2D eigenvalue weighted by Gasteiger charge is 2.23. The van der Waals surface area contributed by atoms with Crippen molar-refractivity contribution in [3.8, 4) is 0 Å². The predicted octanol–water partition coefficient (Wildman–Crippen LogP) is 0.363. The molecule has 7 nitrogen and oxygen atoms in total. The zero-order valence-electron chi connectivity index (χ0n) is 10.8. The second kappa shape index (κ2) is 6.62. The molecular weight excluding hydrogens is 284 g/mol. The van der Waals surface area contributed by atoms with E-state index in [0.29, 0.717) is 32.7 Å². The molecule has 0 aromatic carbocycles. The van der Waals surface area contributed by atoms with Crippen molar-refractivity contribution < 1.29 is 14.7 Å². The topological polar surface area (TPSA) is 86.6 Å². The van der Waals surface area contributed by atoms with Gasteiger partial charge in [-0.25, -0.2) is 9.97 Å². The summed E-state index contributed by atoms with van der Waals surface area (Å²) in [7, 11) is 0. The number of carbonyl (C=O) groups is 2. The van der Waals surface area contributed by atoms with Crippen molar-refractivity contribution in [2.75, 3.05) is 32.7 Å². The molecular formula is C12H15ClN4O3. The number of carbonyl (C=O) groups excluding carboxylic acids is 1. The molecule has 1 N–H and O–H groups in total. The Hall–Kier alpha value is -1.73. The lowest BCUT2D eigenvalue weighted by Gasteiger charge is -2.34. The van der Waals surface area contributed by atoms with Crippen molar-refractivity contribution in [3.63, 3.8) is 0 Å². The Labute approximate surface area is 121 Å². The van der Waals surface area contributed by atoms with Crippen molar-refractivity contribution in [2.45, 2.75) is 6.42 Å². The summed E-state index contributed by atoms with van der Waals surface area (Å²) in [6.45, 7) is 2.96. The number of carboxylic acid groups (broad SMARTS) is 1. The largest absolute Gasteiger partial charge is 0.481 e. The Morgan fingerprint density at radius 1 is 1.20 bits per heavy atom. The number of aliphatic carboxylic acids is 1. The molecule has 0 spiro atoms. The molecule has 1 aromatic heterocycles. The molecule has 2 heterocycles. The number of carboxylic acids is 1. The first-order valence-electron chi connectivity index (χ1n) is 6.27. The van der Waals surface area contributed by atoms with Gasteiger partial charge in [-0.2, -0.15) is 0 Å². The van der Waals surface area contributed by atoms with Gasteiger partial charge < -0.3 is 10.0 Å².